The first kappa shape index (κ1) is 49.7. The largest absolute Gasteiger partial charge is 0.464 e. The standard InChI is InChI=1S/C48H67N9O6S3/c1-11-55-37-17-16-31-24-34(37)35(43(55)33-14-12-20-49-41(33)30(4)62-10)26-48(5,6)28-63-46(60)38-15-13-21-56(57(38)64)45(59)39(25-40-50-36(31)27-65-40)66-51-44(58)42(29(2)3)53(9)47(61)54-22-18-32(19-23-54)52(7)8/h12,14,16-17,20,24,27,29-30,32,38-39,42,64H,11,13,15,18-19,21-23,25-26,28H2,1-10H3,(H,51,58)/t30-,38-,39-,42-/m0/s1. The molecule has 0 aliphatic carbocycles. The van der Waals surface area contributed by atoms with Crippen LogP contribution in [0.5, 0.6) is 0 Å². The lowest BCUT2D eigenvalue weighted by Gasteiger charge is -2.41. The van der Waals surface area contributed by atoms with Crippen molar-refractivity contribution in [1.29, 1.82) is 0 Å². The molecule has 66 heavy (non-hydrogen) atoms. The smallest absolute Gasteiger partial charge is 0.326 e. The predicted octanol–water partition coefficient (Wildman–Crippen LogP) is 7.51. The van der Waals surface area contributed by atoms with Gasteiger partial charge in [0, 0.05) is 91.8 Å². The number of hydrogen-bond acceptors (Lipinski definition) is 13. The van der Waals surface area contributed by atoms with Crippen molar-refractivity contribution in [2.75, 3.05) is 54.5 Å². The lowest BCUT2D eigenvalue weighted by Crippen LogP contribution is -2.57. The second-order valence-corrected chi connectivity index (χ2v) is 21.5. The summed E-state index contributed by atoms with van der Waals surface area (Å²) in [7, 11) is 7.49. The number of rotatable bonds is 10. The number of methoxy groups -OCH3 is 1. The zero-order valence-corrected chi connectivity index (χ0v) is 42.6. The summed E-state index contributed by atoms with van der Waals surface area (Å²) in [5.41, 5.74) is 6.25. The highest BCUT2D eigenvalue weighted by Gasteiger charge is 2.41. The number of thiazole rings is 1. The van der Waals surface area contributed by atoms with E-state index in [4.69, 9.17) is 32.3 Å². The number of likely N-dealkylation sites (tertiary alicyclic amines) is 1. The molecule has 2 saturated heterocycles. The number of fused-ring (bicyclic) bond motifs is 6. The Labute approximate surface area is 403 Å². The first-order valence-corrected chi connectivity index (χ1v) is 25.3. The Morgan fingerprint density at radius 1 is 1.09 bits per heavy atom. The number of hydrazine groups is 1. The second kappa shape index (κ2) is 21.0. The van der Waals surface area contributed by atoms with Gasteiger partial charge in [-0.1, -0.05) is 46.6 Å². The molecule has 6 heterocycles. The predicted molar refractivity (Wildman–Crippen MR) is 265 cm³/mol. The molecule has 4 aromatic rings. The minimum atomic E-state index is -0.840. The Morgan fingerprint density at radius 2 is 1.83 bits per heavy atom. The molecule has 0 spiro atoms. The summed E-state index contributed by atoms with van der Waals surface area (Å²) in [6.45, 7) is 14.6. The molecule has 15 nitrogen and oxygen atoms in total. The molecule has 0 radical (unpaired) electrons. The van der Waals surface area contributed by atoms with Gasteiger partial charge in [-0.2, -0.15) is 4.41 Å². The minimum absolute atomic E-state index is 0.131. The first-order chi connectivity index (χ1) is 31.4. The number of amides is 4. The molecule has 3 aromatic heterocycles. The van der Waals surface area contributed by atoms with Crippen LogP contribution in [-0.4, -0.2) is 140 Å². The van der Waals surface area contributed by atoms with Crippen LogP contribution in [0.25, 0.3) is 33.4 Å². The van der Waals surface area contributed by atoms with Crippen molar-refractivity contribution in [3.05, 3.63) is 58.2 Å². The normalized spacial score (nSPS) is 20.9. The number of carbonyl (C=O) groups is 4. The fraction of sp³-hybridized carbons (Fsp3) is 0.583. The molecule has 1 N–H and O–H groups in total. The van der Waals surface area contributed by atoms with E-state index in [1.54, 1.807) is 20.4 Å². The van der Waals surface area contributed by atoms with Crippen molar-refractivity contribution in [2.45, 2.75) is 116 Å². The van der Waals surface area contributed by atoms with E-state index < -0.39 is 28.7 Å². The van der Waals surface area contributed by atoms with Crippen LogP contribution in [-0.2, 0) is 43.2 Å². The number of pyridine rings is 1. The molecule has 6 bridgehead atoms. The van der Waals surface area contributed by atoms with E-state index in [2.05, 4.69) is 73.3 Å². The molecule has 4 atom stereocenters. The van der Waals surface area contributed by atoms with Crippen LogP contribution in [0, 0.1) is 11.3 Å². The van der Waals surface area contributed by atoms with E-state index in [0.717, 1.165) is 69.5 Å². The Bertz CT molecular complexity index is 2400. The number of cyclic esters (lactones) is 1. The van der Waals surface area contributed by atoms with E-state index in [1.165, 1.54) is 25.7 Å². The molecule has 2 fully saturated rings. The van der Waals surface area contributed by atoms with Crippen molar-refractivity contribution in [3.8, 4) is 22.5 Å². The summed E-state index contributed by atoms with van der Waals surface area (Å²) in [6, 6.07) is 9.11. The van der Waals surface area contributed by atoms with Crippen molar-refractivity contribution < 1.29 is 28.7 Å². The van der Waals surface area contributed by atoms with Crippen LogP contribution in [0.2, 0.25) is 0 Å². The molecule has 4 amide bonds. The maximum atomic E-state index is 14.7. The fourth-order valence-corrected chi connectivity index (χ4v) is 11.8. The summed E-state index contributed by atoms with van der Waals surface area (Å²) < 4.78 is 18.7. The number of benzene rings is 1. The van der Waals surface area contributed by atoms with Crippen molar-refractivity contribution in [2.24, 2.45) is 11.3 Å². The van der Waals surface area contributed by atoms with E-state index in [0.29, 0.717) is 56.5 Å². The third-order valence-electron chi connectivity index (χ3n) is 13.3. The van der Waals surface area contributed by atoms with Crippen LogP contribution in [0.4, 0.5) is 4.79 Å². The Kier molecular flexibility index (Phi) is 15.8. The Balaban J connectivity index is 1.24. The second-order valence-electron chi connectivity index (χ2n) is 19.2. The van der Waals surface area contributed by atoms with Gasteiger partial charge in [0.25, 0.3) is 11.8 Å². The van der Waals surface area contributed by atoms with Crippen molar-refractivity contribution in [1.82, 2.24) is 43.4 Å². The van der Waals surface area contributed by atoms with Crippen molar-refractivity contribution in [3.63, 3.8) is 0 Å². The number of ether oxygens (including phenoxy) is 2. The van der Waals surface area contributed by atoms with Gasteiger partial charge in [-0.05, 0) is 108 Å². The molecule has 18 heteroatoms. The van der Waals surface area contributed by atoms with Gasteiger partial charge in [0.2, 0.25) is 0 Å². The van der Waals surface area contributed by atoms with E-state index in [-0.39, 0.29) is 42.9 Å². The number of carbonyl (C=O) groups excluding carboxylic acids is 4. The highest BCUT2D eigenvalue weighted by Crippen LogP contribution is 2.42. The minimum Gasteiger partial charge on any atom is -0.464 e. The monoisotopic (exact) mass is 961 g/mol. The maximum Gasteiger partial charge on any atom is 0.326 e. The molecular formula is C48H67N9O6S3. The summed E-state index contributed by atoms with van der Waals surface area (Å²) in [5, 5.41) is 4.44. The summed E-state index contributed by atoms with van der Waals surface area (Å²) in [6.07, 6.45) is 5.07. The Morgan fingerprint density at radius 3 is 2.52 bits per heavy atom. The molecule has 3 aliphatic heterocycles. The van der Waals surface area contributed by atoms with Gasteiger partial charge in [-0.25, -0.2) is 9.78 Å². The number of urea groups is 1. The highest BCUT2D eigenvalue weighted by atomic mass is 32.2. The molecule has 0 saturated carbocycles. The summed E-state index contributed by atoms with van der Waals surface area (Å²) >= 11 is 7.25. The summed E-state index contributed by atoms with van der Waals surface area (Å²) in [5.74, 6) is -1.36. The van der Waals surface area contributed by atoms with Gasteiger partial charge in [0.05, 0.1) is 34.8 Å². The third-order valence-corrected chi connectivity index (χ3v) is 15.7. The van der Waals surface area contributed by atoms with Crippen molar-refractivity contribution >= 4 is 70.8 Å². The zero-order valence-electron chi connectivity index (χ0n) is 40.1. The third kappa shape index (κ3) is 10.4. The molecule has 7 rings (SSSR count). The number of hydrogen-bond donors (Lipinski definition) is 2. The van der Waals surface area contributed by atoms with Crippen LogP contribution in [0.15, 0.2) is 41.9 Å². The van der Waals surface area contributed by atoms with Gasteiger partial charge in [-0.3, -0.25) is 29.1 Å². The van der Waals surface area contributed by atoms with Crippen LogP contribution in [0.3, 0.4) is 0 Å². The number of nitrogens with zero attached hydrogens (tertiary/aromatic N) is 8. The van der Waals surface area contributed by atoms with Gasteiger partial charge in [0.15, 0.2) is 0 Å². The maximum absolute atomic E-state index is 14.7. The summed E-state index contributed by atoms with van der Waals surface area (Å²) in [4.78, 5) is 72.3. The lowest BCUT2D eigenvalue weighted by molar-refractivity contribution is -0.163. The van der Waals surface area contributed by atoms with E-state index in [1.807, 2.05) is 37.1 Å². The first-order valence-electron chi connectivity index (χ1n) is 23.1. The van der Waals surface area contributed by atoms with Crippen LogP contribution in [0.1, 0.15) is 89.6 Å². The van der Waals surface area contributed by atoms with Gasteiger partial charge in [0.1, 0.15) is 17.3 Å². The molecule has 358 valence electrons. The average Bonchev–Trinajstić information content (AvgIpc) is 3.90. The molecular weight excluding hydrogens is 895 g/mol. The fourth-order valence-electron chi connectivity index (χ4n) is 9.66. The lowest BCUT2D eigenvalue weighted by atomic mass is 9.84. The quantitative estimate of drug-likeness (QED) is 0.0926. The van der Waals surface area contributed by atoms with Gasteiger partial charge in [-0.15, -0.1) is 11.3 Å². The number of nitrogens with one attached hydrogen (secondary N) is 1. The number of thiol groups is 1. The number of likely N-dealkylation sites (N-methyl/N-ethyl adjacent to an activating group) is 1. The zero-order chi connectivity index (χ0) is 47.6. The highest BCUT2D eigenvalue weighted by molar-refractivity contribution is 7.99. The van der Waals surface area contributed by atoms with Crippen LogP contribution >= 0.6 is 36.1 Å². The van der Waals surface area contributed by atoms with Gasteiger partial charge < -0.3 is 28.7 Å². The number of aryl methyl sites for hydroxylation is 1. The number of aromatic nitrogens is 3. The Hall–Kier alpha value is -4.20. The molecule has 0 unspecified atom stereocenters. The molecule has 3 aliphatic rings. The number of piperidine rings is 1. The van der Waals surface area contributed by atoms with Crippen LogP contribution < -0.4 is 4.72 Å². The SMILES string of the molecule is CCn1c(-c2cccnc2[C@H](C)OC)c2c3cc(ccc31)-c1csc(n1)C[C@H](SNC(=O)[C@H](C(C)C)N(C)C(=O)N1CCC(N(C)C)CC1)C(=O)N1CCC[C@@H](C(=O)OCC(C)(C)C2)N1S. The number of esters is 1. The van der Waals surface area contributed by atoms with E-state index in [9.17, 15) is 19.2 Å². The average molecular weight is 962 g/mol. The van der Waals surface area contributed by atoms with Gasteiger partial charge >= 0.3 is 12.0 Å². The van der Waals surface area contributed by atoms with E-state index >= 15 is 0 Å². The topological polar surface area (TPSA) is 146 Å². The molecule has 1 aromatic carbocycles.